The van der Waals surface area contributed by atoms with E-state index in [1.165, 1.54) is 6.07 Å². The molecule has 3 aromatic heterocycles. The van der Waals surface area contributed by atoms with Crippen molar-refractivity contribution in [3.05, 3.63) is 71.0 Å². The van der Waals surface area contributed by atoms with Crippen molar-refractivity contribution in [1.29, 1.82) is 0 Å². The Morgan fingerprint density at radius 1 is 0.840 bits per heavy atom. The van der Waals surface area contributed by atoms with E-state index in [1.807, 2.05) is 0 Å². The highest BCUT2D eigenvalue weighted by Crippen LogP contribution is 2.34. The summed E-state index contributed by atoms with van der Waals surface area (Å²) in [7, 11) is 0. The highest BCUT2D eigenvalue weighted by atomic mass is 16.6. The summed E-state index contributed by atoms with van der Waals surface area (Å²) < 4.78 is 11.3. The monoisotopic (exact) mass is 334 g/mol. The van der Waals surface area contributed by atoms with Crippen molar-refractivity contribution < 1.29 is 13.8 Å². The Morgan fingerprint density at radius 2 is 1.56 bits per heavy atom. The number of rotatable bonds is 4. The minimum Gasteiger partial charge on any atom is -0.451 e. The molecule has 0 atom stereocenters. The zero-order valence-electron chi connectivity index (χ0n) is 12.7. The first-order chi connectivity index (χ1) is 12.2. The summed E-state index contributed by atoms with van der Waals surface area (Å²) in [6.45, 7) is 0. The first-order valence-corrected chi connectivity index (χ1v) is 7.30. The number of nitro groups is 1. The summed E-state index contributed by atoms with van der Waals surface area (Å²) in [5, 5.41) is 19.1. The van der Waals surface area contributed by atoms with E-state index in [9.17, 15) is 10.1 Å². The Hall–Kier alpha value is -3.81. The van der Waals surface area contributed by atoms with E-state index in [0.29, 0.717) is 23.0 Å². The molecule has 8 heteroatoms. The Kier molecular flexibility index (Phi) is 3.55. The largest absolute Gasteiger partial charge is 0.451 e. The van der Waals surface area contributed by atoms with Gasteiger partial charge in [-0.2, -0.15) is 0 Å². The van der Waals surface area contributed by atoms with Crippen molar-refractivity contribution in [2.24, 2.45) is 0 Å². The van der Waals surface area contributed by atoms with Gasteiger partial charge in [-0.1, -0.05) is 12.1 Å². The van der Waals surface area contributed by atoms with Gasteiger partial charge in [0.2, 0.25) is 5.89 Å². The molecule has 0 bridgehead atoms. The van der Waals surface area contributed by atoms with Crippen LogP contribution in [0.4, 0.5) is 5.69 Å². The van der Waals surface area contributed by atoms with Gasteiger partial charge in [-0.15, -0.1) is 10.2 Å². The number of nitrogens with zero attached hydrogens (tertiary/aromatic N) is 4. The summed E-state index contributed by atoms with van der Waals surface area (Å²) in [5.74, 6) is 1.21. The molecule has 122 valence electrons. The van der Waals surface area contributed by atoms with E-state index in [1.54, 1.807) is 54.9 Å². The Morgan fingerprint density at radius 3 is 2.36 bits per heavy atom. The molecule has 8 nitrogen and oxygen atoms in total. The smallest absolute Gasteiger partial charge is 0.283 e. The van der Waals surface area contributed by atoms with Crippen molar-refractivity contribution in [2.75, 3.05) is 0 Å². The lowest BCUT2D eigenvalue weighted by Gasteiger charge is -1.98. The van der Waals surface area contributed by atoms with Gasteiger partial charge in [0.1, 0.15) is 5.76 Å². The molecule has 25 heavy (non-hydrogen) atoms. The van der Waals surface area contributed by atoms with Crippen LogP contribution < -0.4 is 0 Å². The predicted octanol–water partition coefficient (Wildman–Crippen LogP) is 3.97. The van der Waals surface area contributed by atoms with Gasteiger partial charge in [0.25, 0.3) is 11.6 Å². The van der Waals surface area contributed by atoms with Gasteiger partial charge in [0.05, 0.1) is 10.5 Å². The van der Waals surface area contributed by atoms with Gasteiger partial charge >= 0.3 is 0 Å². The fourth-order valence-electron chi connectivity index (χ4n) is 2.37. The number of nitro benzene ring substituents is 1. The Balaban J connectivity index is 1.69. The molecule has 1 aromatic carbocycles. The summed E-state index contributed by atoms with van der Waals surface area (Å²) in [4.78, 5) is 14.6. The predicted molar refractivity (Wildman–Crippen MR) is 87.3 cm³/mol. The van der Waals surface area contributed by atoms with Crippen LogP contribution in [0.15, 0.2) is 69.8 Å². The van der Waals surface area contributed by atoms with Crippen molar-refractivity contribution in [1.82, 2.24) is 15.2 Å². The molecule has 0 fully saturated rings. The van der Waals surface area contributed by atoms with Crippen LogP contribution in [0.25, 0.3) is 34.4 Å². The lowest BCUT2D eigenvalue weighted by Crippen LogP contribution is -1.90. The van der Waals surface area contributed by atoms with Crippen LogP contribution in [-0.4, -0.2) is 20.1 Å². The maximum atomic E-state index is 11.2. The second-order valence-corrected chi connectivity index (χ2v) is 5.09. The van der Waals surface area contributed by atoms with Crippen LogP contribution >= 0.6 is 0 Å². The van der Waals surface area contributed by atoms with Gasteiger partial charge in [-0.25, -0.2) is 0 Å². The molecule has 0 saturated carbocycles. The van der Waals surface area contributed by atoms with Crippen molar-refractivity contribution in [3.8, 4) is 34.4 Å². The standard InChI is InChI=1S/C17H10N4O4/c22-21(23)13-4-2-1-3-12(13)14-5-6-15(24-14)17-20-19-16(25-17)11-7-9-18-10-8-11/h1-10H. The zero-order chi connectivity index (χ0) is 17.2. The third-order valence-corrected chi connectivity index (χ3v) is 3.54. The molecular formula is C17H10N4O4. The van der Waals surface area contributed by atoms with E-state index >= 15 is 0 Å². The third-order valence-electron chi connectivity index (χ3n) is 3.54. The number of aromatic nitrogens is 3. The summed E-state index contributed by atoms with van der Waals surface area (Å²) in [6, 6.07) is 13.1. The van der Waals surface area contributed by atoms with Crippen molar-refractivity contribution in [2.45, 2.75) is 0 Å². The van der Waals surface area contributed by atoms with E-state index < -0.39 is 4.92 Å². The van der Waals surface area contributed by atoms with Crippen LogP contribution in [0, 0.1) is 10.1 Å². The molecule has 0 N–H and O–H groups in total. The average molecular weight is 334 g/mol. The maximum Gasteiger partial charge on any atom is 0.283 e. The highest BCUT2D eigenvalue weighted by molar-refractivity contribution is 5.70. The molecule has 0 saturated heterocycles. The topological polar surface area (TPSA) is 108 Å². The quantitative estimate of drug-likeness (QED) is 0.410. The second-order valence-electron chi connectivity index (χ2n) is 5.09. The number of furan rings is 1. The number of para-hydroxylation sites is 1. The summed E-state index contributed by atoms with van der Waals surface area (Å²) >= 11 is 0. The second kappa shape index (κ2) is 6.00. The lowest BCUT2D eigenvalue weighted by atomic mass is 10.1. The molecule has 0 aliphatic rings. The third kappa shape index (κ3) is 2.76. The zero-order valence-corrected chi connectivity index (χ0v) is 12.7. The van der Waals surface area contributed by atoms with Crippen LogP contribution in [0.2, 0.25) is 0 Å². The fourth-order valence-corrected chi connectivity index (χ4v) is 2.37. The highest BCUT2D eigenvalue weighted by Gasteiger charge is 2.19. The number of hydrogen-bond acceptors (Lipinski definition) is 7. The first-order valence-electron chi connectivity index (χ1n) is 7.30. The maximum absolute atomic E-state index is 11.2. The Labute approximate surface area is 140 Å². The molecule has 4 rings (SSSR count). The van der Waals surface area contributed by atoms with Crippen LogP contribution in [0.3, 0.4) is 0 Å². The van der Waals surface area contributed by atoms with E-state index in [4.69, 9.17) is 8.83 Å². The Bertz CT molecular complexity index is 1040. The molecule has 0 amide bonds. The van der Waals surface area contributed by atoms with Gasteiger partial charge in [-0.05, 0) is 30.3 Å². The molecule has 3 heterocycles. The molecule has 0 aliphatic carbocycles. The number of benzene rings is 1. The summed E-state index contributed by atoms with van der Waals surface area (Å²) in [6.07, 6.45) is 3.25. The molecule has 4 aromatic rings. The van der Waals surface area contributed by atoms with Crippen LogP contribution in [0.1, 0.15) is 0 Å². The van der Waals surface area contributed by atoms with Crippen LogP contribution in [-0.2, 0) is 0 Å². The van der Waals surface area contributed by atoms with Crippen molar-refractivity contribution >= 4 is 5.69 Å². The van der Waals surface area contributed by atoms with E-state index in [2.05, 4.69) is 15.2 Å². The van der Waals surface area contributed by atoms with Gasteiger partial charge in [0.15, 0.2) is 5.76 Å². The fraction of sp³-hybridized carbons (Fsp3) is 0. The lowest BCUT2D eigenvalue weighted by molar-refractivity contribution is -0.384. The molecular weight excluding hydrogens is 324 g/mol. The van der Waals surface area contributed by atoms with E-state index in [-0.39, 0.29) is 11.6 Å². The number of pyridine rings is 1. The minimum atomic E-state index is -0.453. The minimum absolute atomic E-state index is 0.0357. The molecule has 0 unspecified atom stereocenters. The SMILES string of the molecule is O=[N+]([O-])c1ccccc1-c1ccc(-c2nnc(-c3ccncc3)o2)o1. The van der Waals surface area contributed by atoms with Gasteiger partial charge < -0.3 is 8.83 Å². The summed E-state index contributed by atoms with van der Waals surface area (Å²) in [5.41, 5.74) is 1.08. The molecule has 0 spiro atoms. The number of hydrogen-bond donors (Lipinski definition) is 0. The van der Waals surface area contributed by atoms with E-state index in [0.717, 1.165) is 5.56 Å². The van der Waals surface area contributed by atoms with Crippen molar-refractivity contribution in [3.63, 3.8) is 0 Å². The van der Waals surface area contributed by atoms with Crippen LogP contribution in [0.5, 0.6) is 0 Å². The normalized spacial score (nSPS) is 10.7. The van der Waals surface area contributed by atoms with Gasteiger partial charge in [-0.3, -0.25) is 15.1 Å². The first kappa shape index (κ1) is 14.8. The average Bonchev–Trinajstić information content (AvgIpc) is 3.32. The van der Waals surface area contributed by atoms with Gasteiger partial charge in [0, 0.05) is 24.0 Å². The molecule has 0 aliphatic heterocycles. The molecule has 0 radical (unpaired) electrons.